The SMILES string of the molecule is Cc1ccc(OCc2ccc(C(=O)N3CCNC(=O)C3)cc2C)c(-c2csc(N3C[C@@H]4C5CC(C5)(C3)[C@@H]4C(=O)O)n2)c1. The van der Waals surface area contributed by atoms with E-state index < -0.39 is 5.97 Å². The first-order chi connectivity index (χ1) is 20.2. The molecule has 2 N–H and O–H groups in total. The first-order valence-corrected chi connectivity index (χ1v) is 15.4. The van der Waals surface area contributed by atoms with Crippen molar-refractivity contribution in [1.29, 1.82) is 0 Å². The second-order valence-electron chi connectivity index (χ2n) is 12.4. The Kier molecular flexibility index (Phi) is 6.49. The van der Waals surface area contributed by atoms with Crippen LogP contribution in [0.3, 0.4) is 0 Å². The predicted octanol–water partition coefficient (Wildman–Crippen LogP) is 4.12. The number of hydrogen-bond acceptors (Lipinski definition) is 7. The van der Waals surface area contributed by atoms with E-state index in [-0.39, 0.29) is 35.6 Å². The molecule has 3 heterocycles. The van der Waals surface area contributed by atoms with Crippen LogP contribution in [-0.4, -0.2) is 65.5 Å². The molecule has 42 heavy (non-hydrogen) atoms. The Balaban J connectivity index is 1.06. The van der Waals surface area contributed by atoms with Crippen molar-refractivity contribution in [1.82, 2.24) is 15.2 Å². The molecule has 9 nitrogen and oxygen atoms in total. The van der Waals surface area contributed by atoms with Gasteiger partial charge >= 0.3 is 5.97 Å². The Morgan fingerprint density at radius 3 is 2.76 bits per heavy atom. The summed E-state index contributed by atoms with van der Waals surface area (Å²) >= 11 is 1.61. The minimum atomic E-state index is -0.631. The maximum absolute atomic E-state index is 12.9. The fourth-order valence-electron chi connectivity index (χ4n) is 7.68. The number of aromatic nitrogens is 1. The molecule has 5 aliphatic rings. The average Bonchev–Trinajstić information content (AvgIpc) is 3.57. The molecule has 218 valence electrons. The third-order valence-electron chi connectivity index (χ3n) is 9.71. The van der Waals surface area contributed by atoms with Gasteiger partial charge in [-0.25, -0.2) is 4.98 Å². The molecule has 10 heteroatoms. The monoisotopic (exact) mass is 586 g/mol. The summed E-state index contributed by atoms with van der Waals surface area (Å²) in [6.07, 6.45) is 2.06. The van der Waals surface area contributed by atoms with Gasteiger partial charge in [-0.15, -0.1) is 11.3 Å². The van der Waals surface area contributed by atoms with Crippen molar-refractivity contribution < 1.29 is 24.2 Å². The lowest BCUT2D eigenvalue weighted by Gasteiger charge is -2.44. The summed E-state index contributed by atoms with van der Waals surface area (Å²) in [4.78, 5) is 45.5. The van der Waals surface area contributed by atoms with Crippen molar-refractivity contribution in [2.45, 2.75) is 33.3 Å². The fraction of sp³-hybridized carbons (Fsp3) is 0.438. The largest absolute Gasteiger partial charge is 0.488 e. The van der Waals surface area contributed by atoms with Gasteiger partial charge in [-0.3, -0.25) is 14.4 Å². The summed E-state index contributed by atoms with van der Waals surface area (Å²) in [6, 6.07) is 11.7. The number of piperazine rings is 1. The number of amides is 2. The van der Waals surface area contributed by atoms with E-state index in [0.29, 0.717) is 31.2 Å². The topological polar surface area (TPSA) is 112 Å². The first-order valence-electron chi connectivity index (χ1n) is 14.5. The molecule has 1 aromatic heterocycles. The minimum Gasteiger partial charge on any atom is -0.488 e. The maximum Gasteiger partial charge on any atom is 0.307 e. The lowest BCUT2D eigenvalue weighted by Crippen LogP contribution is -2.49. The highest BCUT2D eigenvalue weighted by molar-refractivity contribution is 7.14. The van der Waals surface area contributed by atoms with Gasteiger partial charge in [-0.05, 0) is 73.9 Å². The second kappa shape index (κ2) is 10.1. The molecule has 2 aromatic carbocycles. The normalized spacial score (nSPS) is 26.0. The fourth-order valence-corrected chi connectivity index (χ4v) is 8.52. The van der Waals surface area contributed by atoms with E-state index in [4.69, 9.17) is 9.72 Å². The third-order valence-corrected chi connectivity index (χ3v) is 10.6. The number of nitrogens with one attached hydrogen (secondary N) is 1. The number of piperidine rings is 1. The molecule has 2 saturated heterocycles. The van der Waals surface area contributed by atoms with E-state index in [9.17, 15) is 19.5 Å². The van der Waals surface area contributed by atoms with E-state index in [1.165, 1.54) is 0 Å². The molecular weight excluding hydrogens is 552 g/mol. The second-order valence-corrected chi connectivity index (χ2v) is 13.2. The van der Waals surface area contributed by atoms with Crippen molar-refractivity contribution in [3.05, 3.63) is 64.0 Å². The van der Waals surface area contributed by atoms with E-state index in [1.807, 2.05) is 38.1 Å². The van der Waals surface area contributed by atoms with Gasteiger partial charge in [0.05, 0.1) is 18.2 Å². The number of carbonyl (C=O) groups excluding carboxylic acids is 2. The molecule has 2 atom stereocenters. The number of benzene rings is 2. The van der Waals surface area contributed by atoms with Crippen LogP contribution in [0.1, 0.15) is 39.9 Å². The minimum absolute atomic E-state index is 0.0832. The first kappa shape index (κ1) is 26.9. The van der Waals surface area contributed by atoms with Crippen molar-refractivity contribution in [3.63, 3.8) is 0 Å². The highest BCUT2D eigenvalue weighted by Crippen LogP contribution is 2.68. The van der Waals surface area contributed by atoms with E-state index in [2.05, 4.69) is 21.7 Å². The number of ether oxygens (including phenoxy) is 1. The van der Waals surface area contributed by atoms with Crippen LogP contribution in [0.2, 0.25) is 0 Å². The van der Waals surface area contributed by atoms with Gasteiger partial charge in [0.1, 0.15) is 12.4 Å². The predicted molar refractivity (Wildman–Crippen MR) is 159 cm³/mol. The van der Waals surface area contributed by atoms with E-state index >= 15 is 0 Å². The molecule has 3 bridgehead atoms. The molecule has 3 aliphatic carbocycles. The van der Waals surface area contributed by atoms with Crippen molar-refractivity contribution in [2.75, 3.05) is 37.6 Å². The zero-order valence-electron chi connectivity index (χ0n) is 23.8. The van der Waals surface area contributed by atoms with Crippen LogP contribution in [0.15, 0.2) is 41.8 Å². The zero-order valence-corrected chi connectivity index (χ0v) is 24.6. The highest BCUT2D eigenvalue weighted by atomic mass is 32.1. The number of carboxylic acids is 1. The summed E-state index contributed by atoms with van der Waals surface area (Å²) in [5, 5.41) is 15.6. The van der Waals surface area contributed by atoms with Crippen LogP contribution in [0, 0.1) is 37.0 Å². The molecule has 3 saturated carbocycles. The molecular formula is C32H34N4O5S. The quantitative estimate of drug-likeness (QED) is 0.428. The number of nitrogens with zero attached hydrogens (tertiary/aromatic N) is 3. The summed E-state index contributed by atoms with van der Waals surface area (Å²) < 4.78 is 6.34. The Hall–Kier alpha value is -3.92. The van der Waals surface area contributed by atoms with Gasteiger partial charge < -0.3 is 25.0 Å². The molecule has 0 unspecified atom stereocenters. The summed E-state index contributed by atoms with van der Waals surface area (Å²) in [5.74, 6) is 0.369. The van der Waals surface area contributed by atoms with Crippen LogP contribution in [0.25, 0.3) is 11.3 Å². The van der Waals surface area contributed by atoms with Crippen molar-refractivity contribution >= 4 is 34.3 Å². The molecule has 8 rings (SSSR count). The van der Waals surface area contributed by atoms with Gasteiger partial charge in [0.15, 0.2) is 5.13 Å². The van der Waals surface area contributed by atoms with Crippen LogP contribution in [0.4, 0.5) is 5.13 Å². The van der Waals surface area contributed by atoms with Gasteiger partial charge in [-0.2, -0.15) is 0 Å². The van der Waals surface area contributed by atoms with Crippen LogP contribution in [-0.2, 0) is 16.2 Å². The van der Waals surface area contributed by atoms with Crippen LogP contribution < -0.4 is 15.0 Å². The Morgan fingerprint density at radius 1 is 1.19 bits per heavy atom. The molecule has 3 aromatic rings. The van der Waals surface area contributed by atoms with Crippen LogP contribution in [0.5, 0.6) is 5.75 Å². The summed E-state index contributed by atoms with van der Waals surface area (Å²) in [7, 11) is 0. The number of hydrogen-bond donors (Lipinski definition) is 2. The summed E-state index contributed by atoms with van der Waals surface area (Å²) in [6.45, 7) is 6.94. The average molecular weight is 587 g/mol. The molecule has 1 spiro atoms. The Morgan fingerprint density at radius 2 is 2.02 bits per heavy atom. The van der Waals surface area contributed by atoms with Gasteiger partial charge in [-0.1, -0.05) is 17.7 Å². The van der Waals surface area contributed by atoms with Gasteiger partial charge in [0.2, 0.25) is 5.91 Å². The standard InChI is InChI=1S/C32H34N4O5S/c1-18-3-6-26(41-15-21-5-4-20(10-19(21)2)29(38)35-8-7-33-27(37)14-35)23(9-18)25-16-42-31(34-25)36-13-24-22-11-32(12-22,17-36)28(24)30(39)40/h3-6,9-10,16,22,24,28H,7-8,11-15,17H2,1-2H3,(H,33,37)(H,39,40)/t22?,24-,28+,32?/m1/s1. The van der Waals surface area contributed by atoms with Crippen LogP contribution >= 0.6 is 11.3 Å². The molecule has 2 aliphatic heterocycles. The van der Waals surface area contributed by atoms with Gasteiger partial charge in [0.25, 0.3) is 5.91 Å². The number of aliphatic carboxylic acids is 1. The number of thiazole rings is 1. The maximum atomic E-state index is 12.9. The zero-order chi connectivity index (χ0) is 29.2. The number of rotatable bonds is 7. The van der Waals surface area contributed by atoms with Gasteiger partial charge in [0, 0.05) is 48.1 Å². The number of carbonyl (C=O) groups is 3. The smallest absolute Gasteiger partial charge is 0.307 e. The van der Waals surface area contributed by atoms with Crippen molar-refractivity contribution in [2.24, 2.45) is 23.2 Å². The Labute approximate surface area is 248 Å². The van der Waals surface area contributed by atoms with Crippen molar-refractivity contribution in [3.8, 4) is 17.0 Å². The lowest BCUT2D eigenvalue weighted by molar-refractivity contribution is -0.147. The Bertz CT molecular complexity index is 1600. The lowest BCUT2D eigenvalue weighted by atomic mass is 9.66. The molecule has 0 radical (unpaired) electrons. The third kappa shape index (κ3) is 4.52. The van der Waals surface area contributed by atoms with E-state index in [1.54, 1.807) is 22.3 Å². The molecule has 5 fully saturated rings. The number of anilines is 1. The molecule has 2 amide bonds. The number of carboxylic acid groups (broad SMARTS) is 1. The van der Waals surface area contributed by atoms with E-state index in [0.717, 1.165) is 64.8 Å². The summed E-state index contributed by atoms with van der Waals surface area (Å²) in [5.41, 5.74) is 5.29. The number of aryl methyl sites for hydroxylation is 2. The highest BCUT2D eigenvalue weighted by Gasteiger charge is 2.68.